The first-order chi connectivity index (χ1) is 12.0. The van der Waals surface area contributed by atoms with Crippen molar-refractivity contribution in [1.29, 1.82) is 5.26 Å². The number of hydrogen-bond acceptors (Lipinski definition) is 6. The number of anilines is 2. The molecule has 3 aromatic heterocycles. The number of nitriles is 1. The number of nitrogens with two attached hydrogens (primary N) is 1. The second-order valence-corrected chi connectivity index (χ2v) is 6.06. The Hall–Kier alpha value is -3.14. The van der Waals surface area contributed by atoms with Gasteiger partial charge in [-0.3, -0.25) is 4.98 Å². The van der Waals surface area contributed by atoms with E-state index in [0.29, 0.717) is 22.8 Å². The quantitative estimate of drug-likeness (QED) is 0.742. The molecule has 3 heterocycles. The molecule has 0 amide bonds. The molecule has 3 rings (SSSR count). The summed E-state index contributed by atoms with van der Waals surface area (Å²) < 4.78 is 1.56. The van der Waals surface area contributed by atoms with Gasteiger partial charge in [0.25, 0.3) is 0 Å². The van der Waals surface area contributed by atoms with Crippen LogP contribution in [0.25, 0.3) is 5.65 Å². The largest absolute Gasteiger partial charge is 0.382 e. The minimum Gasteiger partial charge on any atom is -0.382 e. The van der Waals surface area contributed by atoms with Crippen LogP contribution in [0.4, 0.5) is 11.6 Å². The number of pyridine rings is 1. The molecule has 0 bridgehead atoms. The number of fused-ring (bicyclic) bond motifs is 1. The van der Waals surface area contributed by atoms with Gasteiger partial charge in [-0.2, -0.15) is 14.9 Å². The van der Waals surface area contributed by atoms with Gasteiger partial charge in [0.05, 0.1) is 5.69 Å². The van der Waals surface area contributed by atoms with Crippen molar-refractivity contribution >= 4 is 17.3 Å². The summed E-state index contributed by atoms with van der Waals surface area (Å²) in [4.78, 5) is 8.98. The zero-order valence-electron chi connectivity index (χ0n) is 14.6. The fraction of sp³-hybridized carbons (Fsp3) is 0.333. The molecule has 0 aliphatic heterocycles. The summed E-state index contributed by atoms with van der Waals surface area (Å²) >= 11 is 0. The van der Waals surface area contributed by atoms with Crippen molar-refractivity contribution in [2.45, 2.75) is 39.7 Å². The summed E-state index contributed by atoms with van der Waals surface area (Å²) in [6, 6.07) is 8.02. The number of nitrogens with one attached hydrogen (secondary N) is 1. The minimum atomic E-state index is 0.0467. The highest BCUT2D eigenvalue weighted by atomic mass is 15.3. The van der Waals surface area contributed by atoms with Gasteiger partial charge in [-0.15, -0.1) is 0 Å². The Bertz CT molecular complexity index is 938. The van der Waals surface area contributed by atoms with Crippen LogP contribution in [-0.4, -0.2) is 25.6 Å². The highest BCUT2D eigenvalue weighted by molar-refractivity contribution is 5.69. The van der Waals surface area contributed by atoms with Gasteiger partial charge in [0.1, 0.15) is 17.5 Å². The van der Waals surface area contributed by atoms with Crippen molar-refractivity contribution in [2.75, 3.05) is 11.1 Å². The average molecular weight is 335 g/mol. The molecule has 0 saturated heterocycles. The maximum absolute atomic E-state index is 9.53. The molecule has 7 nitrogen and oxygen atoms in total. The topological polar surface area (TPSA) is 105 Å². The fourth-order valence-electron chi connectivity index (χ4n) is 2.96. The van der Waals surface area contributed by atoms with Crippen molar-refractivity contribution in [2.24, 2.45) is 0 Å². The molecule has 0 radical (unpaired) electrons. The molecule has 0 aliphatic carbocycles. The number of nitrogen functional groups attached to an aromatic ring is 1. The first-order valence-electron chi connectivity index (χ1n) is 8.29. The van der Waals surface area contributed by atoms with Gasteiger partial charge in [0, 0.05) is 29.9 Å². The normalized spacial score (nSPS) is 12.1. The maximum atomic E-state index is 9.53. The van der Waals surface area contributed by atoms with E-state index in [2.05, 4.69) is 33.4 Å². The summed E-state index contributed by atoms with van der Waals surface area (Å²) in [6.45, 7) is 6.01. The molecule has 3 N–H and O–H groups in total. The molecule has 0 aromatic carbocycles. The number of rotatable bonds is 5. The third-order valence-corrected chi connectivity index (χ3v) is 4.19. The van der Waals surface area contributed by atoms with Crippen LogP contribution in [0.15, 0.2) is 24.4 Å². The number of aryl methyl sites for hydroxylation is 2. The van der Waals surface area contributed by atoms with E-state index in [9.17, 15) is 5.26 Å². The van der Waals surface area contributed by atoms with Gasteiger partial charge < -0.3 is 11.1 Å². The van der Waals surface area contributed by atoms with Crippen LogP contribution in [0.2, 0.25) is 0 Å². The minimum absolute atomic E-state index is 0.0467. The summed E-state index contributed by atoms with van der Waals surface area (Å²) in [5, 5.41) is 17.3. The Morgan fingerprint density at radius 3 is 2.84 bits per heavy atom. The van der Waals surface area contributed by atoms with Crippen LogP contribution >= 0.6 is 0 Å². The van der Waals surface area contributed by atoms with E-state index in [1.807, 2.05) is 32.0 Å². The summed E-state index contributed by atoms with van der Waals surface area (Å²) in [5.74, 6) is 0.799. The third-order valence-electron chi connectivity index (χ3n) is 4.19. The Labute approximate surface area is 146 Å². The maximum Gasteiger partial charge on any atom is 0.163 e. The van der Waals surface area contributed by atoms with E-state index in [-0.39, 0.29) is 6.04 Å². The summed E-state index contributed by atoms with van der Waals surface area (Å²) in [5.41, 5.74) is 10.1. The van der Waals surface area contributed by atoms with Crippen LogP contribution in [0, 0.1) is 18.3 Å². The molecule has 128 valence electrons. The van der Waals surface area contributed by atoms with Gasteiger partial charge in [-0.1, -0.05) is 13.0 Å². The second kappa shape index (κ2) is 6.77. The zero-order valence-corrected chi connectivity index (χ0v) is 14.6. The molecular weight excluding hydrogens is 314 g/mol. The Balaban J connectivity index is 1.99. The Kier molecular flexibility index (Phi) is 4.52. The van der Waals surface area contributed by atoms with E-state index >= 15 is 0 Å². The van der Waals surface area contributed by atoms with E-state index < -0.39 is 0 Å². The average Bonchev–Trinajstić information content (AvgIpc) is 2.91. The Morgan fingerprint density at radius 2 is 2.20 bits per heavy atom. The lowest BCUT2D eigenvalue weighted by Crippen LogP contribution is -2.21. The fourth-order valence-corrected chi connectivity index (χ4v) is 2.96. The van der Waals surface area contributed by atoms with Crippen LogP contribution in [0.1, 0.15) is 36.4 Å². The van der Waals surface area contributed by atoms with Crippen molar-refractivity contribution in [3.63, 3.8) is 0 Å². The molecule has 0 aliphatic rings. The highest BCUT2D eigenvalue weighted by Gasteiger charge is 2.19. The smallest absolute Gasteiger partial charge is 0.163 e. The molecule has 0 saturated carbocycles. The highest BCUT2D eigenvalue weighted by Crippen LogP contribution is 2.25. The summed E-state index contributed by atoms with van der Waals surface area (Å²) in [6.07, 6.45) is 3.29. The number of aromatic nitrogens is 4. The van der Waals surface area contributed by atoms with Crippen LogP contribution in [0.5, 0.6) is 0 Å². The predicted molar refractivity (Wildman–Crippen MR) is 97.3 cm³/mol. The number of hydrogen-bond donors (Lipinski definition) is 2. The molecular formula is C18H21N7. The zero-order chi connectivity index (χ0) is 18.0. The van der Waals surface area contributed by atoms with Crippen molar-refractivity contribution in [3.8, 4) is 6.07 Å². The molecule has 1 unspecified atom stereocenters. The first kappa shape index (κ1) is 16.7. The van der Waals surface area contributed by atoms with E-state index in [1.54, 1.807) is 10.7 Å². The monoisotopic (exact) mass is 335 g/mol. The molecule has 3 aromatic rings. The van der Waals surface area contributed by atoms with Gasteiger partial charge in [0.15, 0.2) is 11.5 Å². The lowest BCUT2D eigenvalue weighted by molar-refractivity contribution is 0.764. The number of nitrogens with zero attached hydrogens (tertiary/aromatic N) is 5. The lowest BCUT2D eigenvalue weighted by Gasteiger charge is -2.16. The molecule has 7 heteroatoms. The lowest BCUT2D eigenvalue weighted by atomic mass is 10.1. The standard InChI is InChI=1S/C18H21N7/c1-4-14-12(3)24-25-16(20)15(10-19)17(23-18(14)25)22-11(2)9-13-7-5-6-8-21-13/h5-8,11H,4,9,20H2,1-3H3,(H,22,23). The molecule has 0 fully saturated rings. The van der Waals surface area contributed by atoms with Gasteiger partial charge in [-0.05, 0) is 32.4 Å². The molecule has 25 heavy (non-hydrogen) atoms. The van der Waals surface area contributed by atoms with Crippen molar-refractivity contribution in [3.05, 3.63) is 46.9 Å². The van der Waals surface area contributed by atoms with Crippen molar-refractivity contribution in [1.82, 2.24) is 19.6 Å². The molecule has 1 atom stereocenters. The van der Waals surface area contributed by atoms with Gasteiger partial charge >= 0.3 is 0 Å². The van der Waals surface area contributed by atoms with E-state index in [4.69, 9.17) is 5.73 Å². The van der Waals surface area contributed by atoms with E-state index in [1.165, 1.54) is 0 Å². The summed E-state index contributed by atoms with van der Waals surface area (Å²) in [7, 11) is 0. The third kappa shape index (κ3) is 3.11. The predicted octanol–water partition coefficient (Wildman–Crippen LogP) is 2.49. The SMILES string of the molecule is CCc1c(C)nn2c(N)c(C#N)c(NC(C)Cc3ccccn3)nc12. The molecule has 0 spiro atoms. The van der Waals surface area contributed by atoms with Gasteiger partial charge in [-0.25, -0.2) is 4.98 Å². The van der Waals surface area contributed by atoms with Crippen molar-refractivity contribution < 1.29 is 0 Å². The van der Waals surface area contributed by atoms with Gasteiger partial charge in [0.2, 0.25) is 0 Å². The van der Waals surface area contributed by atoms with Crippen LogP contribution in [0.3, 0.4) is 0 Å². The van der Waals surface area contributed by atoms with E-state index in [0.717, 1.165) is 29.8 Å². The first-order valence-corrected chi connectivity index (χ1v) is 8.29. The van der Waals surface area contributed by atoms with Crippen LogP contribution < -0.4 is 11.1 Å². The Morgan fingerprint density at radius 1 is 1.40 bits per heavy atom. The second-order valence-electron chi connectivity index (χ2n) is 6.06. The van der Waals surface area contributed by atoms with Crippen LogP contribution in [-0.2, 0) is 12.8 Å².